The van der Waals surface area contributed by atoms with E-state index in [4.69, 9.17) is 0 Å². The minimum atomic E-state index is -3.25. The monoisotopic (exact) mass is 268 g/mol. The Kier molecular flexibility index (Phi) is 3.54. The maximum absolute atomic E-state index is 11.8. The van der Waals surface area contributed by atoms with Gasteiger partial charge in [-0.3, -0.25) is 0 Å². The Morgan fingerprint density at radius 3 is 2.53 bits per heavy atom. The molecule has 0 N–H and O–H groups in total. The van der Waals surface area contributed by atoms with Gasteiger partial charge in [-0.1, -0.05) is 48.6 Å². The van der Waals surface area contributed by atoms with Gasteiger partial charge in [-0.2, -0.15) is 0 Å². The zero-order valence-electron chi connectivity index (χ0n) is 9.33. The van der Waals surface area contributed by atoms with Gasteiger partial charge in [0.1, 0.15) is 5.01 Å². The third kappa shape index (κ3) is 2.70. The van der Waals surface area contributed by atoms with Crippen molar-refractivity contribution < 1.29 is 8.42 Å². The number of rotatable bonds is 4. The molecule has 0 aliphatic heterocycles. The Hall–Kier alpha value is -1.27. The number of hydrogen-bond acceptors (Lipinski definition) is 5. The van der Waals surface area contributed by atoms with E-state index in [1.165, 1.54) is 0 Å². The molecule has 90 valence electrons. The lowest BCUT2D eigenvalue weighted by Crippen LogP contribution is -2.05. The minimum absolute atomic E-state index is 0.109. The van der Waals surface area contributed by atoms with Crippen molar-refractivity contribution in [3.63, 3.8) is 0 Å². The summed E-state index contributed by atoms with van der Waals surface area (Å²) in [5, 5.41) is 8.33. The van der Waals surface area contributed by atoms with Gasteiger partial charge in [0.25, 0.3) is 0 Å². The molecule has 1 aromatic heterocycles. The summed E-state index contributed by atoms with van der Waals surface area (Å²) in [6.45, 7) is 1.83. The van der Waals surface area contributed by atoms with Crippen LogP contribution >= 0.6 is 11.3 Å². The fourth-order valence-corrected chi connectivity index (χ4v) is 3.84. The van der Waals surface area contributed by atoms with Crippen molar-refractivity contribution in [2.75, 3.05) is 5.75 Å². The molecule has 0 spiro atoms. The number of nitrogens with zero attached hydrogens (tertiary/aromatic N) is 2. The summed E-state index contributed by atoms with van der Waals surface area (Å²) in [4.78, 5) is 0. The molecule has 0 aliphatic carbocycles. The highest BCUT2D eigenvalue weighted by atomic mass is 32.2. The van der Waals surface area contributed by atoms with Crippen molar-refractivity contribution >= 4 is 21.2 Å². The number of sulfone groups is 1. The van der Waals surface area contributed by atoms with Crippen molar-refractivity contribution in [1.29, 1.82) is 0 Å². The summed E-state index contributed by atoms with van der Waals surface area (Å²) in [7, 11) is -3.25. The Morgan fingerprint density at radius 2 is 1.88 bits per heavy atom. The lowest BCUT2D eigenvalue weighted by molar-refractivity contribution is 0.592. The van der Waals surface area contributed by atoms with Crippen LogP contribution in [0.5, 0.6) is 0 Å². The normalized spacial score (nSPS) is 11.6. The van der Waals surface area contributed by atoms with Crippen LogP contribution in [-0.2, 0) is 9.84 Å². The quantitative estimate of drug-likeness (QED) is 0.854. The standard InChI is InChI=1S/C11H12N2O2S2/c1-2-8-17(14,15)11-13-12-10(16-11)9-6-4-3-5-7-9/h3-7H,2,8H2,1H3. The summed E-state index contributed by atoms with van der Waals surface area (Å²) in [5.74, 6) is 0.121. The first-order valence-electron chi connectivity index (χ1n) is 5.25. The van der Waals surface area contributed by atoms with Crippen LogP contribution in [0.1, 0.15) is 13.3 Å². The SMILES string of the molecule is CCCS(=O)(=O)c1nnc(-c2ccccc2)s1. The van der Waals surface area contributed by atoms with E-state index in [9.17, 15) is 8.42 Å². The summed E-state index contributed by atoms with van der Waals surface area (Å²) in [6.07, 6.45) is 0.586. The van der Waals surface area contributed by atoms with Crippen molar-refractivity contribution in [3.8, 4) is 10.6 Å². The molecule has 2 rings (SSSR count). The van der Waals surface area contributed by atoms with Crippen LogP contribution in [0.4, 0.5) is 0 Å². The highest BCUT2D eigenvalue weighted by Crippen LogP contribution is 2.26. The Balaban J connectivity index is 2.35. The highest BCUT2D eigenvalue weighted by Gasteiger charge is 2.19. The molecule has 0 aliphatic rings. The summed E-state index contributed by atoms with van der Waals surface area (Å²) >= 11 is 1.12. The van der Waals surface area contributed by atoms with E-state index in [0.717, 1.165) is 16.9 Å². The van der Waals surface area contributed by atoms with Gasteiger partial charge in [0.05, 0.1) is 5.75 Å². The van der Waals surface area contributed by atoms with E-state index >= 15 is 0 Å². The Morgan fingerprint density at radius 1 is 1.18 bits per heavy atom. The van der Waals surface area contributed by atoms with Gasteiger partial charge in [0, 0.05) is 5.56 Å². The van der Waals surface area contributed by atoms with E-state index in [1.54, 1.807) is 0 Å². The fraction of sp³-hybridized carbons (Fsp3) is 0.273. The van der Waals surface area contributed by atoms with E-state index < -0.39 is 9.84 Å². The summed E-state index contributed by atoms with van der Waals surface area (Å²) in [6, 6.07) is 9.45. The minimum Gasteiger partial charge on any atom is -0.221 e. The summed E-state index contributed by atoms with van der Waals surface area (Å²) < 4.78 is 23.7. The second kappa shape index (κ2) is 4.93. The van der Waals surface area contributed by atoms with E-state index in [2.05, 4.69) is 10.2 Å². The molecule has 0 fully saturated rings. The van der Waals surface area contributed by atoms with Gasteiger partial charge < -0.3 is 0 Å². The van der Waals surface area contributed by atoms with Crippen LogP contribution in [0, 0.1) is 0 Å². The lowest BCUT2D eigenvalue weighted by Gasteiger charge is -1.95. The fourth-order valence-electron chi connectivity index (χ4n) is 1.39. The number of hydrogen-bond donors (Lipinski definition) is 0. The predicted octanol–water partition coefficient (Wildman–Crippen LogP) is 2.39. The van der Waals surface area contributed by atoms with E-state index in [-0.39, 0.29) is 10.1 Å². The third-order valence-electron chi connectivity index (χ3n) is 2.17. The zero-order valence-corrected chi connectivity index (χ0v) is 11.0. The summed E-state index contributed by atoms with van der Waals surface area (Å²) in [5.41, 5.74) is 0.892. The molecule has 0 saturated carbocycles. The van der Waals surface area contributed by atoms with Crippen LogP contribution < -0.4 is 0 Å². The molecule has 4 nitrogen and oxygen atoms in total. The first-order chi connectivity index (χ1) is 8.13. The smallest absolute Gasteiger partial charge is 0.221 e. The van der Waals surface area contributed by atoms with Crippen LogP contribution in [-0.4, -0.2) is 24.4 Å². The van der Waals surface area contributed by atoms with Gasteiger partial charge in [-0.15, -0.1) is 10.2 Å². The number of benzene rings is 1. The second-order valence-corrected chi connectivity index (χ2v) is 6.82. The number of aromatic nitrogens is 2. The molecular weight excluding hydrogens is 256 g/mol. The first-order valence-corrected chi connectivity index (χ1v) is 7.72. The zero-order chi connectivity index (χ0) is 12.3. The molecule has 0 radical (unpaired) electrons. The van der Waals surface area contributed by atoms with Gasteiger partial charge in [-0.25, -0.2) is 8.42 Å². The van der Waals surface area contributed by atoms with Crippen molar-refractivity contribution in [2.45, 2.75) is 17.7 Å². The van der Waals surface area contributed by atoms with Crippen LogP contribution in [0.25, 0.3) is 10.6 Å². The van der Waals surface area contributed by atoms with Crippen molar-refractivity contribution in [2.24, 2.45) is 0 Å². The van der Waals surface area contributed by atoms with Gasteiger partial charge in [0.2, 0.25) is 14.2 Å². The van der Waals surface area contributed by atoms with E-state index in [1.807, 2.05) is 37.3 Å². The third-order valence-corrected chi connectivity index (χ3v) is 5.50. The van der Waals surface area contributed by atoms with Gasteiger partial charge in [0.15, 0.2) is 0 Å². The first kappa shape index (κ1) is 12.2. The molecule has 6 heteroatoms. The molecule has 2 aromatic rings. The van der Waals surface area contributed by atoms with E-state index in [0.29, 0.717) is 11.4 Å². The van der Waals surface area contributed by atoms with Crippen LogP contribution in [0.3, 0.4) is 0 Å². The largest absolute Gasteiger partial charge is 0.232 e. The predicted molar refractivity (Wildman–Crippen MR) is 67.7 cm³/mol. The van der Waals surface area contributed by atoms with Gasteiger partial charge in [-0.05, 0) is 6.42 Å². The molecule has 0 saturated heterocycles. The Bertz CT molecular complexity index is 591. The maximum Gasteiger partial charge on any atom is 0.232 e. The Labute approximate surface area is 104 Å². The van der Waals surface area contributed by atoms with Crippen molar-refractivity contribution in [3.05, 3.63) is 30.3 Å². The van der Waals surface area contributed by atoms with Crippen LogP contribution in [0.15, 0.2) is 34.7 Å². The van der Waals surface area contributed by atoms with Gasteiger partial charge >= 0.3 is 0 Å². The highest BCUT2D eigenvalue weighted by molar-refractivity contribution is 7.93. The van der Waals surface area contributed by atoms with Crippen LogP contribution in [0.2, 0.25) is 0 Å². The molecule has 0 unspecified atom stereocenters. The molecule has 1 heterocycles. The topological polar surface area (TPSA) is 59.9 Å². The average molecular weight is 268 g/mol. The van der Waals surface area contributed by atoms with Crippen molar-refractivity contribution in [1.82, 2.24) is 10.2 Å². The molecule has 17 heavy (non-hydrogen) atoms. The second-order valence-electron chi connectivity index (χ2n) is 3.56. The molecule has 0 bridgehead atoms. The molecule has 1 aromatic carbocycles. The molecule has 0 atom stereocenters. The maximum atomic E-state index is 11.8. The lowest BCUT2D eigenvalue weighted by atomic mass is 10.2. The molecule has 0 amide bonds. The molecular formula is C11H12N2O2S2. The average Bonchev–Trinajstić information content (AvgIpc) is 2.80.